The Bertz CT molecular complexity index is 496. The van der Waals surface area contributed by atoms with Gasteiger partial charge in [-0.1, -0.05) is 32.9 Å². The van der Waals surface area contributed by atoms with E-state index in [-0.39, 0.29) is 11.0 Å². The molecule has 0 aliphatic rings. The number of benzene rings is 1. The Labute approximate surface area is 129 Å². The maximum absolute atomic E-state index is 11.8. The molecule has 0 radical (unpaired) electrons. The molecule has 21 heavy (non-hydrogen) atoms. The number of ether oxygens (including phenoxy) is 1. The maximum atomic E-state index is 11.8. The van der Waals surface area contributed by atoms with Gasteiger partial charge in [-0.3, -0.25) is 4.79 Å². The highest BCUT2D eigenvalue weighted by Gasteiger charge is 2.39. The number of carbonyl (C=O) groups excluding carboxylic acids is 1. The summed E-state index contributed by atoms with van der Waals surface area (Å²) < 4.78 is 11.1. The quantitative estimate of drug-likeness (QED) is 0.606. The van der Waals surface area contributed by atoms with Gasteiger partial charge in [0.05, 0.1) is 12.5 Å². The molecule has 1 aromatic carbocycles. The molecule has 0 aromatic heterocycles. The Morgan fingerprint density at radius 2 is 1.48 bits per heavy atom. The third-order valence-corrected chi connectivity index (χ3v) is 8.81. The van der Waals surface area contributed by atoms with Crippen LogP contribution in [0.3, 0.4) is 0 Å². The molecular formula is C17H28O3Si. The zero-order valence-corrected chi connectivity index (χ0v) is 15.5. The average molecular weight is 308 g/mol. The number of methoxy groups -OCH3 is 1. The van der Waals surface area contributed by atoms with Crippen LogP contribution in [0.2, 0.25) is 18.1 Å². The van der Waals surface area contributed by atoms with Crippen molar-refractivity contribution in [1.29, 1.82) is 0 Å². The van der Waals surface area contributed by atoms with Crippen LogP contribution in [0.4, 0.5) is 0 Å². The smallest absolute Gasteiger partial charge is 0.315 e. The fraction of sp³-hybridized carbons (Fsp3) is 0.588. The van der Waals surface area contributed by atoms with E-state index in [1.54, 1.807) is 0 Å². The molecule has 3 nitrogen and oxygen atoms in total. The summed E-state index contributed by atoms with van der Waals surface area (Å²) in [6.07, 6.45) is 0. The van der Waals surface area contributed by atoms with Crippen LogP contribution in [0.15, 0.2) is 24.3 Å². The lowest BCUT2D eigenvalue weighted by Crippen LogP contribution is -2.43. The summed E-state index contributed by atoms with van der Waals surface area (Å²) in [4.78, 5) is 11.8. The van der Waals surface area contributed by atoms with Crippen LogP contribution >= 0.6 is 0 Å². The monoisotopic (exact) mass is 308 g/mol. The van der Waals surface area contributed by atoms with Gasteiger partial charge >= 0.3 is 5.97 Å². The third kappa shape index (κ3) is 3.88. The van der Waals surface area contributed by atoms with E-state index < -0.39 is 13.7 Å². The summed E-state index contributed by atoms with van der Waals surface area (Å²) >= 11 is 0. The molecule has 0 fully saturated rings. The first-order valence-electron chi connectivity index (χ1n) is 7.30. The molecule has 0 aliphatic carbocycles. The highest BCUT2D eigenvalue weighted by atomic mass is 28.4. The van der Waals surface area contributed by atoms with Crippen molar-refractivity contribution < 1.29 is 14.0 Å². The summed E-state index contributed by atoms with van der Waals surface area (Å²) in [6.45, 7) is 14.8. The second-order valence-corrected chi connectivity index (χ2v) is 12.2. The molecule has 1 aromatic rings. The lowest BCUT2D eigenvalue weighted by molar-refractivity contribution is -0.146. The average Bonchev–Trinajstić information content (AvgIpc) is 2.36. The number of hydrogen-bond donors (Lipinski definition) is 0. The topological polar surface area (TPSA) is 35.5 Å². The Morgan fingerprint density at radius 1 is 1.00 bits per heavy atom. The van der Waals surface area contributed by atoms with E-state index in [0.29, 0.717) is 0 Å². The first kappa shape index (κ1) is 17.8. The normalized spacial score (nSPS) is 13.0. The summed E-state index contributed by atoms with van der Waals surface area (Å²) in [7, 11) is -0.414. The molecule has 0 bridgehead atoms. The standard InChI is InChI=1S/C17H28O3Si/c1-16(2,3)21(7,8)20-14-11-9-13(10-12-14)17(4,5)15(18)19-6/h9-12H,1-8H3. The molecule has 0 atom stereocenters. The van der Waals surface area contributed by atoms with Gasteiger partial charge in [-0.05, 0) is 49.7 Å². The van der Waals surface area contributed by atoms with Crippen molar-refractivity contribution in [2.24, 2.45) is 0 Å². The summed E-state index contributed by atoms with van der Waals surface area (Å²) in [5, 5.41) is 0.164. The fourth-order valence-corrected chi connectivity index (χ4v) is 2.79. The Balaban J connectivity index is 2.97. The molecule has 0 unspecified atom stereocenters. The SMILES string of the molecule is COC(=O)C(C)(C)c1ccc(O[Si](C)(C)C(C)(C)C)cc1. The van der Waals surface area contributed by atoms with Crippen molar-refractivity contribution in [2.45, 2.75) is 58.2 Å². The van der Waals surface area contributed by atoms with Gasteiger partial charge in [-0.2, -0.15) is 0 Å². The van der Waals surface area contributed by atoms with E-state index in [9.17, 15) is 4.79 Å². The zero-order valence-electron chi connectivity index (χ0n) is 14.5. The van der Waals surface area contributed by atoms with Crippen LogP contribution in [0, 0.1) is 0 Å². The lowest BCUT2D eigenvalue weighted by Gasteiger charge is -2.36. The molecule has 0 N–H and O–H groups in total. The first-order chi connectivity index (χ1) is 9.41. The van der Waals surface area contributed by atoms with E-state index in [2.05, 4.69) is 33.9 Å². The van der Waals surface area contributed by atoms with Crippen LogP contribution in [0.5, 0.6) is 5.75 Å². The molecule has 0 spiro atoms. The van der Waals surface area contributed by atoms with Crippen LogP contribution < -0.4 is 4.43 Å². The van der Waals surface area contributed by atoms with Gasteiger partial charge < -0.3 is 9.16 Å². The first-order valence-corrected chi connectivity index (χ1v) is 10.2. The number of rotatable bonds is 4. The summed E-state index contributed by atoms with van der Waals surface area (Å²) in [5.41, 5.74) is 0.279. The van der Waals surface area contributed by atoms with Crippen LogP contribution in [-0.2, 0) is 14.9 Å². The van der Waals surface area contributed by atoms with E-state index in [4.69, 9.17) is 9.16 Å². The summed E-state index contributed by atoms with van der Waals surface area (Å²) in [6, 6.07) is 7.78. The minimum atomic E-state index is -1.83. The molecule has 0 saturated carbocycles. The maximum Gasteiger partial charge on any atom is 0.315 e. The van der Waals surface area contributed by atoms with E-state index in [0.717, 1.165) is 11.3 Å². The van der Waals surface area contributed by atoms with Crippen molar-refractivity contribution in [2.75, 3.05) is 7.11 Å². The second kappa shape index (κ2) is 5.83. The van der Waals surface area contributed by atoms with Gasteiger partial charge in [-0.15, -0.1) is 0 Å². The Morgan fingerprint density at radius 3 is 1.86 bits per heavy atom. The van der Waals surface area contributed by atoms with Gasteiger partial charge in [0.1, 0.15) is 5.75 Å². The molecule has 4 heteroatoms. The highest BCUT2D eigenvalue weighted by molar-refractivity contribution is 6.74. The molecular weight excluding hydrogens is 280 g/mol. The number of hydrogen-bond acceptors (Lipinski definition) is 3. The molecule has 118 valence electrons. The van der Waals surface area contributed by atoms with Crippen LogP contribution in [0.25, 0.3) is 0 Å². The molecule has 0 heterocycles. The molecule has 0 saturated heterocycles. The van der Waals surface area contributed by atoms with Crippen LogP contribution in [-0.4, -0.2) is 21.4 Å². The van der Waals surface area contributed by atoms with Crippen molar-refractivity contribution in [3.63, 3.8) is 0 Å². The Kier molecular flexibility index (Phi) is 4.93. The van der Waals surface area contributed by atoms with Crippen LogP contribution in [0.1, 0.15) is 40.2 Å². The minimum absolute atomic E-state index is 0.164. The molecule has 0 amide bonds. The van der Waals surface area contributed by atoms with Gasteiger partial charge in [0.2, 0.25) is 8.32 Å². The van der Waals surface area contributed by atoms with Gasteiger partial charge in [-0.25, -0.2) is 0 Å². The van der Waals surface area contributed by atoms with E-state index >= 15 is 0 Å². The summed E-state index contributed by atoms with van der Waals surface area (Å²) in [5.74, 6) is 0.631. The minimum Gasteiger partial charge on any atom is -0.544 e. The third-order valence-electron chi connectivity index (χ3n) is 4.45. The van der Waals surface area contributed by atoms with Gasteiger partial charge in [0.25, 0.3) is 0 Å². The molecule has 0 aliphatic heterocycles. The van der Waals surface area contributed by atoms with Gasteiger partial charge in [0.15, 0.2) is 0 Å². The fourth-order valence-electron chi connectivity index (χ4n) is 1.76. The van der Waals surface area contributed by atoms with Crippen molar-refractivity contribution in [3.05, 3.63) is 29.8 Å². The largest absolute Gasteiger partial charge is 0.544 e. The Hall–Kier alpha value is -1.29. The predicted octanol–water partition coefficient (Wildman–Crippen LogP) is 4.52. The number of esters is 1. The lowest BCUT2D eigenvalue weighted by atomic mass is 9.85. The van der Waals surface area contributed by atoms with Crippen molar-refractivity contribution >= 4 is 14.3 Å². The molecule has 1 rings (SSSR count). The predicted molar refractivity (Wildman–Crippen MR) is 89.3 cm³/mol. The van der Waals surface area contributed by atoms with E-state index in [1.807, 2.05) is 38.1 Å². The van der Waals surface area contributed by atoms with Crippen molar-refractivity contribution in [3.8, 4) is 5.75 Å². The zero-order chi connectivity index (χ0) is 16.5. The number of carbonyl (C=O) groups is 1. The van der Waals surface area contributed by atoms with E-state index in [1.165, 1.54) is 7.11 Å². The van der Waals surface area contributed by atoms with Crippen molar-refractivity contribution in [1.82, 2.24) is 0 Å². The second-order valence-electron chi connectivity index (χ2n) is 7.50. The van der Waals surface area contributed by atoms with Gasteiger partial charge in [0, 0.05) is 0 Å². The highest BCUT2D eigenvalue weighted by Crippen LogP contribution is 2.37.